The van der Waals surface area contributed by atoms with Crippen molar-refractivity contribution in [3.8, 4) is 0 Å². The van der Waals surface area contributed by atoms with Crippen molar-refractivity contribution >= 4 is 15.9 Å². The average Bonchev–Trinajstić information content (AvgIpc) is 2.93. The number of aromatic nitrogens is 1. The molecule has 1 fully saturated rings. The van der Waals surface area contributed by atoms with Gasteiger partial charge in [-0.2, -0.15) is 13.2 Å². The molecule has 0 aliphatic heterocycles. The van der Waals surface area contributed by atoms with Gasteiger partial charge in [0.05, 0.1) is 0 Å². The van der Waals surface area contributed by atoms with Crippen LogP contribution in [0.5, 0.6) is 0 Å². The first-order valence-corrected chi connectivity index (χ1v) is 7.21. The summed E-state index contributed by atoms with van der Waals surface area (Å²) in [7, 11) is -4.17. The van der Waals surface area contributed by atoms with Gasteiger partial charge in [0.2, 0.25) is 10.0 Å². The highest BCUT2D eigenvalue weighted by Gasteiger charge is 2.32. The summed E-state index contributed by atoms with van der Waals surface area (Å²) in [6, 6.07) is 0.786. The molecule has 1 aromatic heterocycles. The summed E-state index contributed by atoms with van der Waals surface area (Å²) < 4.78 is 60.2. The number of nitrogens with one attached hydrogen (secondary N) is 1. The minimum absolute atomic E-state index is 0.0605. The van der Waals surface area contributed by atoms with Crippen molar-refractivity contribution in [2.24, 2.45) is 5.14 Å². The third-order valence-electron chi connectivity index (χ3n) is 2.69. The van der Waals surface area contributed by atoms with Gasteiger partial charge in [0.25, 0.3) is 5.91 Å². The molecule has 1 saturated carbocycles. The fraction of sp³-hybridized carbons (Fsp3) is 0.500. The molecule has 2 rings (SSSR count). The molecule has 0 radical (unpaired) electrons. The summed E-state index contributed by atoms with van der Waals surface area (Å²) in [5, 5.41) is 7.36. The van der Waals surface area contributed by atoms with Crippen LogP contribution in [0.25, 0.3) is 0 Å². The summed E-state index contributed by atoms with van der Waals surface area (Å²) in [5.41, 5.74) is -0.377. The Labute approximate surface area is 112 Å². The first-order chi connectivity index (χ1) is 9.06. The highest BCUT2D eigenvalue weighted by atomic mass is 32.2. The van der Waals surface area contributed by atoms with Crippen molar-refractivity contribution in [3.63, 3.8) is 0 Å². The summed E-state index contributed by atoms with van der Waals surface area (Å²) >= 11 is 0. The van der Waals surface area contributed by atoms with E-state index in [4.69, 9.17) is 5.14 Å². The second-order valence-corrected chi connectivity index (χ2v) is 6.16. The largest absolute Gasteiger partial charge is 0.406 e. The maximum atomic E-state index is 12.4. The number of carbonyl (C=O) groups is 1. The van der Waals surface area contributed by atoms with Gasteiger partial charge in [-0.1, -0.05) is 0 Å². The molecule has 10 heteroatoms. The monoisotopic (exact) mass is 311 g/mol. The second kappa shape index (κ2) is 4.77. The van der Waals surface area contributed by atoms with Crippen molar-refractivity contribution in [2.45, 2.75) is 36.5 Å². The predicted molar refractivity (Wildman–Crippen MR) is 62.3 cm³/mol. The predicted octanol–water partition coefficient (Wildman–Crippen LogP) is 0.590. The minimum atomic E-state index is -4.58. The average molecular weight is 311 g/mol. The van der Waals surface area contributed by atoms with E-state index in [9.17, 15) is 26.4 Å². The topological polar surface area (TPSA) is 94.2 Å². The van der Waals surface area contributed by atoms with Crippen LogP contribution in [-0.4, -0.2) is 31.1 Å². The lowest BCUT2D eigenvalue weighted by Gasteiger charge is -2.11. The number of alkyl halides is 3. The number of primary sulfonamides is 1. The number of sulfonamides is 1. The summed E-state index contributed by atoms with van der Waals surface area (Å²) in [6.07, 6.45) is -2.35. The molecule has 0 bridgehead atoms. The van der Waals surface area contributed by atoms with Gasteiger partial charge in [-0.25, -0.2) is 13.6 Å². The first-order valence-electron chi connectivity index (χ1n) is 5.67. The maximum absolute atomic E-state index is 12.4. The van der Waals surface area contributed by atoms with Crippen LogP contribution in [0.15, 0.2) is 17.2 Å². The van der Waals surface area contributed by atoms with E-state index in [1.54, 1.807) is 0 Å². The van der Waals surface area contributed by atoms with Gasteiger partial charge in [0, 0.05) is 12.2 Å². The third kappa shape index (κ3) is 3.73. The highest BCUT2D eigenvalue weighted by molar-refractivity contribution is 7.89. The van der Waals surface area contributed by atoms with Crippen LogP contribution < -0.4 is 10.5 Å². The molecule has 0 aromatic carbocycles. The molecule has 1 aliphatic rings. The molecular weight excluding hydrogens is 299 g/mol. The van der Waals surface area contributed by atoms with Crippen molar-refractivity contribution in [1.82, 2.24) is 9.88 Å². The number of nitrogens with two attached hydrogens (primary N) is 1. The molecule has 0 atom stereocenters. The Bertz CT molecular complexity index is 632. The van der Waals surface area contributed by atoms with Gasteiger partial charge >= 0.3 is 6.18 Å². The lowest BCUT2D eigenvalue weighted by molar-refractivity contribution is -0.140. The Morgan fingerprint density at radius 3 is 2.50 bits per heavy atom. The van der Waals surface area contributed by atoms with Gasteiger partial charge < -0.3 is 9.88 Å². The van der Waals surface area contributed by atoms with E-state index < -0.39 is 33.5 Å². The van der Waals surface area contributed by atoms with Crippen molar-refractivity contribution < 1.29 is 26.4 Å². The molecule has 1 amide bonds. The van der Waals surface area contributed by atoms with Crippen LogP contribution in [0.1, 0.15) is 23.3 Å². The van der Waals surface area contributed by atoms with Crippen LogP contribution in [0.2, 0.25) is 0 Å². The Hall–Kier alpha value is -1.55. The quantitative estimate of drug-likeness (QED) is 0.852. The molecule has 0 saturated heterocycles. The van der Waals surface area contributed by atoms with Crippen LogP contribution in [0, 0.1) is 0 Å². The number of rotatable bonds is 4. The third-order valence-corrected chi connectivity index (χ3v) is 3.58. The molecule has 20 heavy (non-hydrogen) atoms. The van der Waals surface area contributed by atoms with E-state index in [0.717, 1.165) is 18.9 Å². The maximum Gasteiger partial charge on any atom is 0.406 e. The zero-order valence-electron chi connectivity index (χ0n) is 10.1. The Morgan fingerprint density at radius 2 is 2.05 bits per heavy atom. The molecule has 1 heterocycles. The lowest BCUT2D eigenvalue weighted by Crippen LogP contribution is -2.29. The van der Waals surface area contributed by atoms with Crippen LogP contribution in [-0.2, 0) is 16.6 Å². The van der Waals surface area contributed by atoms with E-state index in [1.807, 2.05) is 0 Å². The Morgan fingerprint density at radius 1 is 1.45 bits per heavy atom. The molecule has 0 unspecified atom stereocenters. The zero-order valence-corrected chi connectivity index (χ0v) is 11.0. The van der Waals surface area contributed by atoms with Crippen molar-refractivity contribution in [1.29, 1.82) is 0 Å². The lowest BCUT2D eigenvalue weighted by atomic mass is 10.4. The summed E-state index contributed by atoms with van der Waals surface area (Å²) in [4.78, 5) is 11.3. The van der Waals surface area contributed by atoms with Crippen LogP contribution in [0.4, 0.5) is 13.2 Å². The standard InChI is InChI=1S/C10H12F3N3O3S/c11-10(12,13)5-16-4-7(20(14,18)19)3-8(16)9(17)15-6-1-2-6/h3-4,6H,1-2,5H2,(H,15,17)(H2,14,18,19). The zero-order chi connectivity index (χ0) is 15.1. The Kier molecular flexibility index (Phi) is 3.54. The number of nitrogens with zero attached hydrogens (tertiary/aromatic N) is 1. The molecule has 6 nitrogen and oxygen atoms in total. The number of carbonyl (C=O) groups excluding carboxylic acids is 1. The summed E-state index contributed by atoms with van der Waals surface area (Å²) in [6.45, 7) is -1.46. The van der Waals surface area contributed by atoms with Crippen LogP contribution in [0.3, 0.4) is 0 Å². The normalized spacial score (nSPS) is 16.2. The smallest absolute Gasteiger partial charge is 0.348 e. The fourth-order valence-corrected chi connectivity index (χ4v) is 2.19. The van der Waals surface area contributed by atoms with Gasteiger partial charge in [0.1, 0.15) is 17.1 Å². The van der Waals surface area contributed by atoms with E-state index >= 15 is 0 Å². The number of hydrogen-bond donors (Lipinski definition) is 2. The molecular formula is C10H12F3N3O3S. The molecule has 1 aliphatic carbocycles. The fourth-order valence-electron chi connectivity index (χ4n) is 1.64. The van der Waals surface area contributed by atoms with E-state index in [1.165, 1.54) is 0 Å². The van der Waals surface area contributed by atoms with Gasteiger partial charge in [-0.05, 0) is 18.9 Å². The van der Waals surface area contributed by atoms with E-state index in [2.05, 4.69) is 5.32 Å². The van der Waals surface area contributed by atoms with Crippen molar-refractivity contribution in [3.05, 3.63) is 18.0 Å². The molecule has 3 N–H and O–H groups in total. The van der Waals surface area contributed by atoms with Gasteiger partial charge in [-0.3, -0.25) is 4.79 Å². The number of amides is 1. The number of hydrogen-bond acceptors (Lipinski definition) is 3. The minimum Gasteiger partial charge on any atom is -0.348 e. The number of halogens is 3. The first kappa shape index (κ1) is 14.9. The molecule has 1 aromatic rings. The van der Waals surface area contributed by atoms with Gasteiger partial charge in [-0.15, -0.1) is 0 Å². The van der Waals surface area contributed by atoms with Crippen LogP contribution >= 0.6 is 0 Å². The van der Waals surface area contributed by atoms with Gasteiger partial charge in [0.15, 0.2) is 0 Å². The highest BCUT2D eigenvalue weighted by Crippen LogP contribution is 2.23. The molecule has 0 spiro atoms. The molecule has 112 valence electrons. The van der Waals surface area contributed by atoms with Crippen molar-refractivity contribution in [2.75, 3.05) is 0 Å². The second-order valence-electron chi connectivity index (χ2n) is 4.60. The SMILES string of the molecule is NS(=O)(=O)c1cc(C(=O)NC2CC2)n(CC(F)(F)F)c1. The van der Waals surface area contributed by atoms with E-state index in [-0.39, 0.29) is 11.7 Å². The van der Waals surface area contributed by atoms with E-state index in [0.29, 0.717) is 10.8 Å². The summed E-state index contributed by atoms with van der Waals surface area (Å²) in [5.74, 6) is -0.744. The Balaban J connectivity index is 2.35.